The predicted octanol–water partition coefficient (Wildman–Crippen LogP) is 1.77. The molecule has 0 aliphatic carbocycles. The molecule has 0 saturated carbocycles. The Kier molecular flexibility index (Phi) is 2.84. The zero-order valence-corrected chi connectivity index (χ0v) is 10.3. The minimum absolute atomic E-state index is 0.568. The first-order chi connectivity index (χ1) is 8.86. The number of nitrogens with zero attached hydrogens (tertiary/aromatic N) is 4. The lowest BCUT2D eigenvalue weighted by Gasteiger charge is -2.15. The molecule has 0 unspecified atom stereocenters. The van der Waals surface area contributed by atoms with Crippen molar-refractivity contribution in [2.75, 3.05) is 30.4 Å². The summed E-state index contributed by atoms with van der Waals surface area (Å²) >= 11 is 0. The van der Waals surface area contributed by atoms with Crippen LogP contribution in [-0.2, 0) is 0 Å². The molecule has 0 atom stereocenters. The third-order valence-electron chi connectivity index (χ3n) is 2.98. The smallest absolute Gasteiger partial charge is 0.230 e. The van der Waals surface area contributed by atoms with E-state index in [1.807, 2.05) is 12.1 Å². The van der Waals surface area contributed by atoms with Gasteiger partial charge in [-0.25, -0.2) is 0 Å². The van der Waals surface area contributed by atoms with Crippen LogP contribution in [0.3, 0.4) is 0 Å². The van der Waals surface area contributed by atoms with Crippen molar-refractivity contribution in [3.05, 3.63) is 18.4 Å². The van der Waals surface area contributed by atoms with Gasteiger partial charge in [0.25, 0.3) is 0 Å². The second kappa shape index (κ2) is 4.64. The third-order valence-corrected chi connectivity index (χ3v) is 2.98. The van der Waals surface area contributed by atoms with E-state index in [2.05, 4.69) is 25.2 Å². The van der Waals surface area contributed by atoms with Crippen LogP contribution in [0.25, 0.3) is 11.6 Å². The van der Waals surface area contributed by atoms with E-state index < -0.39 is 0 Å². The molecule has 3 heterocycles. The van der Waals surface area contributed by atoms with Gasteiger partial charge in [-0.1, -0.05) is 0 Å². The second-order valence-electron chi connectivity index (χ2n) is 4.20. The van der Waals surface area contributed by atoms with E-state index in [-0.39, 0.29) is 0 Å². The molecule has 1 saturated heterocycles. The molecule has 2 aromatic heterocycles. The fourth-order valence-electron chi connectivity index (χ4n) is 2.05. The molecule has 94 valence electrons. The highest BCUT2D eigenvalue weighted by atomic mass is 16.3. The first kappa shape index (κ1) is 11.0. The Morgan fingerprint density at radius 1 is 1.22 bits per heavy atom. The Morgan fingerprint density at radius 2 is 2.06 bits per heavy atom. The van der Waals surface area contributed by atoms with E-state index in [0.717, 1.165) is 19.0 Å². The lowest BCUT2D eigenvalue weighted by molar-refractivity contribution is 0.576. The van der Waals surface area contributed by atoms with Gasteiger partial charge in [-0.15, -0.1) is 0 Å². The lowest BCUT2D eigenvalue weighted by Crippen LogP contribution is -2.21. The van der Waals surface area contributed by atoms with E-state index in [1.54, 1.807) is 13.3 Å². The van der Waals surface area contributed by atoms with Crippen LogP contribution in [0, 0.1) is 0 Å². The zero-order valence-electron chi connectivity index (χ0n) is 10.3. The van der Waals surface area contributed by atoms with Gasteiger partial charge in [0, 0.05) is 20.1 Å². The quantitative estimate of drug-likeness (QED) is 0.889. The summed E-state index contributed by atoms with van der Waals surface area (Å²) in [6.07, 6.45) is 4.00. The summed E-state index contributed by atoms with van der Waals surface area (Å²) < 4.78 is 5.34. The molecule has 0 aromatic carbocycles. The Morgan fingerprint density at radius 3 is 2.72 bits per heavy atom. The molecular weight excluding hydrogens is 230 g/mol. The first-order valence-corrected chi connectivity index (χ1v) is 6.09. The normalized spacial score (nSPS) is 15.1. The van der Waals surface area contributed by atoms with Crippen LogP contribution in [0.5, 0.6) is 0 Å². The molecular formula is C12H15N5O. The van der Waals surface area contributed by atoms with Gasteiger partial charge in [-0.3, -0.25) is 0 Å². The van der Waals surface area contributed by atoms with Crippen molar-refractivity contribution < 1.29 is 4.42 Å². The van der Waals surface area contributed by atoms with E-state index in [9.17, 15) is 0 Å². The average molecular weight is 245 g/mol. The number of hydrogen-bond acceptors (Lipinski definition) is 6. The number of rotatable bonds is 3. The van der Waals surface area contributed by atoms with Crippen LogP contribution < -0.4 is 10.2 Å². The Hall–Kier alpha value is -2.11. The minimum Gasteiger partial charge on any atom is -0.461 e. The molecule has 6 heteroatoms. The van der Waals surface area contributed by atoms with E-state index in [0.29, 0.717) is 17.5 Å². The average Bonchev–Trinajstić information content (AvgIpc) is 3.10. The summed E-state index contributed by atoms with van der Waals surface area (Å²) in [6.45, 7) is 2.01. The van der Waals surface area contributed by atoms with Gasteiger partial charge >= 0.3 is 0 Å². The first-order valence-electron chi connectivity index (χ1n) is 6.09. The van der Waals surface area contributed by atoms with Gasteiger partial charge in [-0.05, 0) is 25.0 Å². The molecule has 0 bridgehead atoms. The van der Waals surface area contributed by atoms with Crippen LogP contribution in [0.15, 0.2) is 22.8 Å². The monoisotopic (exact) mass is 245 g/mol. The van der Waals surface area contributed by atoms with Crippen LogP contribution in [0.4, 0.5) is 11.9 Å². The Balaban J connectivity index is 2.01. The van der Waals surface area contributed by atoms with Crippen molar-refractivity contribution >= 4 is 11.9 Å². The van der Waals surface area contributed by atoms with Crippen molar-refractivity contribution in [1.29, 1.82) is 0 Å². The van der Waals surface area contributed by atoms with Crippen molar-refractivity contribution in [2.24, 2.45) is 0 Å². The Labute approximate surface area is 105 Å². The molecule has 18 heavy (non-hydrogen) atoms. The van der Waals surface area contributed by atoms with Crippen LogP contribution in [-0.4, -0.2) is 35.1 Å². The highest BCUT2D eigenvalue weighted by Gasteiger charge is 2.18. The van der Waals surface area contributed by atoms with Crippen LogP contribution >= 0.6 is 0 Å². The van der Waals surface area contributed by atoms with Crippen molar-refractivity contribution in [3.8, 4) is 11.6 Å². The highest BCUT2D eigenvalue weighted by Crippen LogP contribution is 2.22. The molecule has 3 rings (SSSR count). The fourth-order valence-corrected chi connectivity index (χ4v) is 2.05. The number of nitrogens with one attached hydrogen (secondary N) is 1. The minimum atomic E-state index is 0.568. The molecule has 1 aliphatic rings. The van der Waals surface area contributed by atoms with Gasteiger partial charge < -0.3 is 14.6 Å². The van der Waals surface area contributed by atoms with Gasteiger partial charge in [-0.2, -0.15) is 15.0 Å². The number of hydrogen-bond donors (Lipinski definition) is 1. The lowest BCUT2D eigenvalue weighted by atomic mass is 10.4. The largest absolute Gasteiger partial charge is 0.461 e. The number of anilines is 2. The van der Waals surface area contributed by atoms with Crippen LogP contribution in [0.1, 0.15) is 12.8 Å². The van der Waals surface area contributed by atoms with Gasteiger partial charge in [0.1, 0.15) is 0 Å². The molecule has 0 radical (unpaired) electrons. The molecule has 1 fully saturated rings. The number of furan rings is 1. The second-order valence-corrected chi connectivity index (χ2v) is 4.20. The summed E-state index contributed by atoms with van der Waals surface area (Å²) in [5, 5.41) is 2.96. The summed E-state index contributed by atoms with van der Waals surface area (Å²) in [5.74, 6) is 2.52. The maximum atomic E-state index is 5.34. The SMILES string of the molecule is CNc1nc(-c2ccco2)nc(N2CCCC2)n1. The highest BCUT2D eigenvalue weighted by molar-refractivity contribution is 5.52. The molecule has 0 spiro atoms. The van der Waals surface area contributed by atoms with Crippen molar-refractivity contribution in [2.45, 2.75) is 12.8 Å². The van der Waals surface area contributed by atoms with Gasteiger partial charge in [0.2, 0.25) is 17.7 Å². The Bertz CT molecular complexity index is 519. The molecule has 0 amide bonds. The summed E-state index contributed by atoms with van der Waals surface area (Å²) in [5.41, 5.74) is 0. The molecule has 6 nitrogen and oxygen atoms in total. The summed E-state index contributed by atoms with van der Waals surface area (Å²) in [6, 6.07) is 3.68. The number of aromatic nitrogens is 3. The van der Waals surface area contributed by atoms with Crippen LogP contribution in [0.2, 0.25) is 0 Å². The third kappa shape index (κ3) is 2.01. The summed E-state index contributed by atoms with van der Waals surface area (Å²) in [7, 11) is 1.80. The topological polar surface area (TPSA) is 67.1 Å². The fraction of sp³-hybridized carbons (Fsp3) is 0.417. The molecule has 1 N–H and O–H groups in total. The van der Waals surface area contributed by atoms with E-state index in [4.69, 9.17) is 4.42 Å². The maximum absolute atomic E-state index is 5.34. The summed E-state index contributed by atoms with van der Waals surface area (Å²) in [4.78, 5) is 15.4. The molecule has 1 aliphatic heterocycles. The van der Waals surface area contributed by atoms with Crippen molar-refractivity contribution in [1.82, 2.24) is 15.0 Å². The van der Waals surface area contributed by atoms with E-state index >= 15 is 0 Å². The van der Waals surface area contributed by atoms with Gasteiger partial charge in [0.15, 0.2) is 5.76 Å². The van der Waals surface area contributed by atoms with Crippen molar-refractivity contribution in [3.63, 3.8) is 0 Å². The van der Waals surface area contributed by atoms with E-state index in [1.165, 1.54) is 12.8 Å². The predicted molar refractivity (Wildman–Crippen MR) is 68.5 cm³/mol. The molecule has 2 aromatic rings. The maximum Gasteiger partial charge on any atom is 0.230 e. The van der Waals surface area contributed by atoms with Gasteiger partial charge in [0.05, 0.1) is 6.26 Å². The zero-order chi connectivity index (χ0) is 12.4. The standard InChI is InChI=1S/C12H15N5O/c1-13-11-14-10(9-5-4-8-18-9)15-12(16-11)17-6-2-3-7-17/h4-5,8H,2-3,6-7H2,1H3,(H,13,14,15,16).